The summed E-state index contributed by atoms with van der Waals surface area (Å²) in [7, 11) is 0. The predicted octanol–water partition coefficient (Wildman–Crippen LogP) is 5.95. The molecule has 0 aliphatic rings. The van der Waals surface area contributed by atoms with Gasteiger partial charge in [0.1, 0.15) is 5.52 Å². The average Bonchev–Trinajstić information content (AvgIpc) is 2.91. The molecule has 1 aromatic heterocycles. The van der Waals surface area contributed by atoms with Crippen molar-refractivity contribution in [3.63, 3.8) is 0 Å². The van der Waals surface area contributed by atoms with Gasteiger partial charge in [0, 0.05) is 10.4 Å². The van der Waals surface area contributed by atoms with E-state index in [9.17, 15) is 0 Å². The van der Waals surface area contributed by atoms with Crippen LogP contribution in [-0.4, -0.2) is 4.98 Å². The second kappa shape index (κ2) is 4.76. The standard InChI is InChI=1S/C17H9Cl2NO/c18-11-6-7-13(14(19)9-11)17-20-16-12-4-2-1-3-10(12)5-8-15(16)21-17/h1-9H. The molecule has 102 valence electrons. The molecular formula is C17H9Cl2NO. The van der Waals surface area contributed by atoms with E-state index in [-0.39, 0.29) is 0 Å². The van der Waals surface area contributed by atoms with Crippen LogP contribution in [0.5, 0.6) is 0 Å². The smallest absolute Gasteiger partial charge is 0.228 e. The summed E-state index contributed by atoms with van der Waals surface area (Å²) in [5.41, 5.74) is 2.32. The first-order valence-corrected chi connectivity index (χ1v) is 7.22. The van der Waals surface area contributed by atoms with Crippen LogP contribution in [0.25, 0.3) is 33.3 Å². The molecule has 0 saturated carbocycles. The van der Waals surface area contributed by atoms with Crippen LogP contribution in [0, 0.1) is 0 Å². The molecule has 0 radical (unpaired) electrons. The summed E-state index contributed by atoms with van der Waals surface area (Å²) in [6.07, 6.45) is 0. The Morgan fingerprint density at radius 1 is 0.905 bits per heavy atom. The summed E-state index contributed by atoms with van der Waals surface area (Å²) in [6.45, 7) is 0. The van der Waals surface area contributed by atoms with Crippen molar-refractivity contribution in [2.45, 2.75) is 0 Å². The van der Waals surface area contributed by atoms with Gasteiger partial charge in [0.05, 0.1) is 10.6 Å². The molecule has 0 atom stereocenters. The van der Waals surface area contributed by atoms with Crippen molar-refractivity contribution < 1.29 is 4.42 Å². The predicted molar refractivity (Wildman–Crippen MR) is 87.0 cm³/mol. The molecule has 0 spiro atoms. The van der Waals surface area contributed by atoms with E-state index in [0.29, 0.717) is 15.9 Å². The quantitative estimate of drug-likeness (QED) is 0.433. The summed E-state index contributed by atoms with van der Waals surface area (Å²) < 4.78 is 5.84. The Labute approximate surface area is 130 Å². The summed E-state index contributed by atoms with van der Waals surface area (Å²) >= 11 is 12.2. The third kappa shape index (κ3) is 2.08. The lowest BCUT2D eigenvalue weighted by atomic mass is 10.1. The molecule has 0 fully saturated rings. The maximum atomic E-state index is 6.23. The average molecular weight is 314 g/mol. The van der Waals surface area contributed by atoms with Crippen LogP contribution >= 0.6 is 23.2 Å². The number of aromatic nitrogens is 1. The van der Waals surface area contributed by atoms with Gasteiger partial charge in [-0.05, 0) is 29.7 Å². The van der Waals surface area contributed by atoms with Crippen LogP contribution < -0.4 is 0 Å². The molecule has 0 aliphatic carbocycles. The van der Waals surface area contributed by atoms with Gasteiger partial charge in [-0.15, -0.1) is 0 Å². The Morgan fingerprint density at radius 3 is 2.62 bits per heavy atom. The summed E-state index contributed by atoms with van der Waals surface area (Å²) in [5.74, 6) is 0.503. The lowest BCUT2D eigenvalue weighted by Crippen LogP contribution is -1.79. The van der Waals surface area contributed by atoms with Gasteiger partial charge in [0.2, 0.25) is 5.89 Å². The van der Waals surface area contributed by atoms with E-state index in [1.165, 1.54) is 0 Å². The van der Waals surface area contributed by atoms with Crippen LogP contribution in [0.4, 0.5) is 0 Å². The molecule has 4 aromatic rings. The van der Waals surface area contributed by atoms with Crippen molar-refractivity contribution in [3.8, 4) is 11.5 Å². The molecule has 0 bridgehead atoms. The molecule has 0 amide bonds. The van der Waals surface area contributed by atoms with Gasteiger partial charge in [-0.3, -0.25) is 0 Å². The number of nitrogens with zero attached hydrogens (tertiary/aromatic N) is 1. The number of rotatable bonds is 1. The van der Waals surface area contributed by atoms with Gasteiger partial charge in [-0.25, -0.2) is 4.98 Å². The molecule has 0 unspecified atom stereocenters. The monoisotopic (exact) mass is 313 g/mol. The minimum atomic E-state index is 0.503. The zero-order chi connectivity index (χ0) is 14.4. The lowest BCUT2D eigenvalue weighted by Gasteiger charge is -1.99. The van der Waals surface area contributed by atoms with Crippen LogP contribution in [0.15, 0.2) is 59.0 Å². The fourth-order valence-electron chi connectivity index (χ4n) is 2.44. The van der Waals surface area contributed by atoms with E-state index in [0.717, 1.165) is 27.4 Å². The topological polar surface area (TPSA) is 26.0 Å². The number of hydrogen-bond donors (Lipinski definition) is 0. The number of fused-ring (bicyclic) bond motifs is 3. The van der Waals surface area contributed by atoms with Crippen LogP contribution in [0.3, 0.4) is 0 Å². The molecule has 0 aliphatic heterocycles. The number of hydrogen-bond acceptors (Lipinski definition) is 2. The maximum Gasteiger partial charge on any atom is 0.228 e. The summed E-state index contributed by atoms with van der Waals surface area (Å²) in [6, 6.07) is 17.3. The molecule has 21 heavy (non-hydrogen) atoms. The second-order valence-corrected chi connectivity index (χ2v) is 5.62. The zero-order valence-electron chi connectivity index (χ0n) is 10.8. The largest absolute Gasteiger partial charge is 0.436 e. The first-order valence-electron chi connectivity index (χ1n) is 6.46. The Balaban J connectivity index is 2.00. The van der Waals surface area contributed by atoms with Crippen LogP contribution in [0.1, 0.15) is 0 Å². The van der Waals surface area contributed by atoms with Gasteiger partial charge >= 0.3 is 0 Å². The van der Waals surface area contributed by atoms with E-state index in [2.05, 4.69) is 11.1 Å². The highest BCUT2D eigenvalue weighted by molar-refractivity contribution is 6.36. The van der Waals surface area contributed by atoms with E-state index in [4.69, 9.17) is 27.6 Å². The Hall–Kier alpha value is -2.03. The van der Waals surface area contributed by atoms with Gasteiger partial charge in [-0.1, -0.05) is 53.5 Å². The Bertz CT molecular complexity index is 975. The van der Waals surface area contributed by atoms with Gasteiger partial charge in [0.15, 0.2) is 5.58 Å². The molecule has 4 rings (SSSR count). The fourth-order valence-corrected chi connectivity index (χ4v) is 2.93. The number of oxazole rings is 1. The van der Waals surface area contributed by atoms with Crippen LogP contribution in [0.2, 0.25) is 10.0 Å². The lowest BCUT2D eigenvalue weighted by molar-refractivity contribution is 0.620. The number of halogens is 2. The third-order valence-corrected chi connectivity index (χ3v) is 3.99. The minimum Gasteiger partial charge on any atom is -0.436 e. The van der Waals surface area contributed by atoms with Crippen molar-refractivity contribution in [2.24, 2.45) is 0 Å². The SMILES string of the molecule is Clc1ccc(-c2nc3c(ccc4ccccc43)o2)c(Cl)c1. The molecular weight excluding hydrogens is 305 g/mol. The first-order chi connectivity index (χ1) is 10.2. The molecule has 3 aromatic carbocycles. The highest BCUT2D eigenvalue weighted by Gasteiger charge is 2.13. The second-order valence-electron chi connectivity index (χ2n) is 4.78. The maximum absolute atomic E-state index is 6.23. The summed E-state index contributed by atoms with van der Waals surface area (Å²) in [4.78, 5) is 4.61. The van der Waals surface area contributed by atoms with E-state index in [1.807, 2.05) is 36.4 Å². The van der Waals surface area contributed by atoms with Crippen molar-refractivity contribution in [2.75, 3.05) is 0 Å². The van der Waals surface area contributed by atoms with Crippen molar-refractivity contribution in [1.29, 1.82) is 0 Å². The highest BCUT2D eigenvalue weighted by Crippen LogP contribution is 2.34. The number of benzene rings is 3. The van der Waals surface area contributed by atoms with Crippen molar-refractivity contribution >= 4 is 45.1 Å². The normalized spacial score (nSPS) is 11.3. The third-order valence-electron chi connectivity index (χ3n) is 3.45. The van der Waals surface area contributed by atoms with Crippen molar-refractivity contribution in [1.82, 2.24) is 4.98 Å². The zero-order valence-corrected chi connectivity index (χ0v) is 12.3. The molecule has 4 heteroatoms. The summed E-state index contributed by atoms with van der Waals surface area (Å²) in [5, 5.41) is 3.31. The van der Waals surface area contributed by atoms with E-state index >= 15 is 0 Å². The molecule has 0 N–H and O–H groups in total. The first kappa shape index (κ1) is 12.7. The fraction of sp³-hybridized carbons (Fsp3) is 0. The Morgan fingerprint density at radius 2 is 1.76 bits per heavy atom. The van der Waals surface area contributed by atoms with Crippen LogP contribution in [-0.2, 0) is 0 Å². The van der Waals surface area contributed by atoms with E-state index in [1.54, 1.807) is 12.1 Å². The highest BCUT2D eigenvalue weighted by atomic mass is 35.5. The van der Waals surface area contributed by atoms with Gasteiger partial charge in [-0.2, -0.15) is 0 Å². The van der Waals surface area contributed by atoms with E-state index < -0.39 is 0 Å². The molecule has 1 heterocycles. The van der Waals surface area contributed by atoms with Gasteiger partial charge < -0.3 is 4.42 Å². The minimum absolute atomic E-state index is 0.503. The van der Waals surface area contributed by atoms with Gasteiger partial charge in [0.25, 0.3) is 0 Å². The molecule has 0 saturated heterocycles. The Kier molecular flexibility index (Phi) is 2.88. The molecule has 2 nitrogen and oxygen atoms in total. The van der Waals surface area contributed by atoms with Crippen molar-refractivity contribution in [3.05, 3.63) is 64.6 Å².